The van der Waals surface area contributed by atoms with Crippen molar-refractivity contribution >= 4 is 40.4 Å². The minimum Gasteiger partial charge on any atom is -0.507 e. The van der Waals surface area contributed by atoms with Gasteiger partial charge in [0.15, 0.2) is 0 Å². The number of rotatable bonds is 5. The molecule has 1 fully saturated rings. The first-order valence-electron chi connectivity index (χ1n) is 7.61. The Morgan fingerprint density at radius 2 is 2.12 bits per heavy atom. The minimum atomic E-state index is -0.702. The predicted molar refractivity (Wildman–Crippen MR) is 96.7 cm³/mol. The molecule has 1 atom stereocenters. The van der Waals surface area contributed by atoms with E-state index in [1.807, 2.05) is 17.5 Å². The number of amides is 1. The Morgan fingerprint density at radius 3 is 2.76 bits per heavy atom. The number of halogens is 1. The monoisotopic (exact) mass is 377 g/mol. The molecular formula is C18H16ClNO4S. The van der Waals surface area contributed by atoms with Gasteiger partial charge in [-0.3, -0.25) is 9.59 Å². The van der Waals surface area contributed by atoms with Gasteiger partial charge < -0.3 is 14.7 Å². The molecule has 0 saturated carbocycles. The fourth-order valence-corrected chi connectivity index (χ4v) is 3.87. The molecule has 1 aliphatic rings. The quantitative estimate of drug-likeness (QED) is 0.492. The number of aliphatic hydroxyl groups is 1. The second kappa shape index (κ2) is 7.39. The molecule has 0 bridgehead atoms. The number of thiophene rings is 1. The molecule has 1 aliphatic heterocycles. The van der Waals surface area contributed by atoms with Gasteiger partial charge in [0.05, 0.1) is 18.2 Å². The fraction of sp³-hybridized carbons (Fsp3) is 0.222. The van der Waals surface area contributed by atoms with Gasteiger partial charge in [0, 0.05) is 29.1 Å². The van der Waals surface area contributed by atoms with Crippen LogP contribution >= 0.6 is 22.9 Å². The number of aliphatic hydroxyl groups excluding tert-OH is 1. The average molecular weight is 378 g/mol. The molecule has 1 unspecified atom stereocenters. The first-order valence-corrected chi connectivity index (χ1v) is 8.87. The zero-order chi connectivity index (χ0) is 18.0. The van der Waals surface area contributed by atoms with Crippen LogP contribution in [0.2, 0.25) is 5.02 Å². The summed E-state index contributed by atoms with van der Waals surface area (Å²) in [6, 6.07) is 9.61. The van der Waals surface area contributed by atoms with Gasteiger partial charge in [-0.25, -0.2) is 0 Å². The van der Waals surface area contributed by atoms with Crippen LogP contribution in [0.25, 0.3) is 5.76 Å². The van der Waals surface area contributed by atoms with Crippen molar-refractivity contribution in [3.05, 3.63) is 62.8 Å². The lowest BCUT2D eigenvalue weighted by atomic mass is 10.00. The van der Waals surface area contributed by atoms with Gasteiger partial charge in [0.25, 0.3) is 11.7 Å². The first kappa shape index (κ1) is 17.7. The van der Waals surface area contributed by atoms with Gasteiger partial charge >= 0.3 is 0 Å². The van der Waals surface area contributed by atoms with Crippen molar-refractivity contribution in [2.24, 2.45) is 0 Å². The molecule has 2 aromatic rings. The van der Waals surface area contributed by atoms with E-state index in [1.165, 1.54) is 23.3 Å². The molecule has 1 saturated heterocycles. The van der Waals surface area contributed by atoms with E-state index in [0.717, 1.165) is 4.88 Å². The van der Waals surface area contributed by atoms with Crippen molar-refractivity contribution in [3.63, 3.8) is 0 Å². The normalized spacial score (nSPS) is 19.6. The van der Waals surface area contributed by atoms with Crippen LogP contribution in [0.1, 0.15) is 16.5 Å². The van der Waals surface area contributed by atoms with Crippen LogP contribution in [0.4, 0.5) is 0 Å². The van der Waals surface area contributed by atoms with E-state index in [0.29, 0.717) is 17.2 Å². The van der Waals surface area contributed by atoms with Gasteiger partial charge in [0.2, 0.25) is 0 Å². The molecule has 3 rings (SSSR count). The summed E-state index contributed by atoms with van der Waals surface area (Å²) in [5, 5.41) is 13.0. The summed E-state index contributed by atoms with van der Waals surface area (Å²) in [6.07, 6.45) is 0. The molecule has 5 nitrogen and oxygen atoms in total. The highest BCUT2D eigenvalue weighted by molar-refractivity contribution is 7.10. The molecule has 7 heteroatoms. The van der Waals surface area contributed by atoms with Crippen molar-refractivity contribution in [2.45, 2.75) is 6.04 Å². The number of benzene rings is 1. The van der Waals surface area contributed by atoms with Crippen LogP contribution in [-0.4, -0.2) is 42.0 Å². The third kappa shape index (κ3) is 3.33. The third-order valence-corrected chi connectivity index (χ3v) is 5.15. The number of methoxy groups -OCH3 is 1. The summed E-state index contributed by atoms with van der Waals surface area (Å²) in [6.45, 7) is 0.558. The Morgan fingerprint density at radius 1 is 1.32 bits per heavy atom. The second-order valence-electron chi connectivity index (χ2n) is 5.51. The third-order valence-electron chi connectivity index (χ3n) is 3.99. The number of hydrogen-bond donors (Lipinski definition) is 1. The van der Waals surface area contributed by atoms with E-state index in [4.69, 9.17) is 16.3 Å². The topological polar surface area (TPSA) is 66.8 Å². The fourth-order valence-electron chi connectivity index (χ4n) is 2.83. The Bertz CT molecular complexity index is 831. The SMILES string of the molecule is COCCN1C(=O)C(=O)/C(=C(\O)c2cccc(Cl)c2)C1c1cccs1. The maximum Gasteiger partial charge on any atom is 0.295 e. The van der Waals surface area contributed by atoms with Crippen molar-refractivity contribution in [1.82, 2.24) is 4.90 Å². The van der Waals surface area contributed by atoms with E-state index in [-0.39, 0.29) is 17.9 Å². The van der Waals surface area contributed by atoms with Crippen molar-refractivity contribution in [1.29, 1.82) is 0 Å². The van der Waals surface area contributed by atoms with E-state index in [2.05, 4.69) is 0 Å². The Kier molecular flexibility index (Phi) is 5.22. The van der Waals surface area contributed by atoms with E-state index in [1.54, 1.807) is 24.3 Å². The van der Waals surface area contributed by atoms with E-state index in [9.17, 15) is 14.7 Å². The predicted octanol–water partition coefficient (Wildman–Crippen LogP) is 3.47. The minimum absolute atomic E-state index is 0.0748. The zero-order valence-electron chi connectivity index (χ0n) is 13.4. The number of Topliss-reactive ketones (excluding diaryl/α,β-unsaturated/α-hetero) is 1. The number of ketones is 1. The largest absolute Gasteiger partial charge is 0.507 e. The molecule has 1 amide bonds. The summed E-state index contributed by atoms with van der Waals surface area (Å²) in [7, 11) is 1.53. The highest BCUT2D eigenvalue weighted by Crippen LogP contribution is 2.41. The molecule has 25 heavy (non-hydrogen) atoms. The maximum absolute atomic E-state index is 12.6. The highest BCUT2D eigenvalue weighted by Gasteiger charge is 2.46. The summed E-state index contributed by atoms with van der Waals surface area (Å²) in [5.74, 6) is -1.56. The van der Waals surface area contributed by atoms with Crippen molar-refractivity contribution in [2.75, 3.05) is 20.3 Å². The molecule has 1 aromatic carbocycles. The van der Waals surface area contributed by atoms with Crippen LogP contribution in [0.15, 0.2) is 47.4 Å². The van der Waals surface area contributed by atoms with Gasteiger partial charge in [0.1, 0.15) is 5.76 Å². The Balaban J connectivity index is 2.13. The smallest absolute Gasteiger partial charge is 0.295 e. The summed E-state index contributed by atoms with van der Waals surface area (Å²) >= 11 is 7.41. The number of carbonyl (C=O) groups excluding carboxylic acids is 2. The zero-order valence-corrected chi connectivity index (χ0v) is 15.0. The lowest BCUT2D eigenvalue weighted by Gasteiger charge is -2.23. The number of nitrogens with zero attached hydrogens (tertiary/aromatic N) is 1. The molecule has 1 aromatic heterocycles. The van der Waals surface area contributed by atoms with E-state index >= 15 is 0 Å². The van der Waals surface area contributed by atoms with Crippen molar-refractivity contribution in [3.8, 4) is 0 Å². The number of ether oxygens (including phenoxy) is 1. The summed E-state index contributed by atoms with van der Waals surface area (Å²) in [4.78, 5) is 27.3. The lowest BCUT2D eigenvalue weighted by Crippen LogP contribution is -2.32. The Labute approximate surface area is 154 Å². The van der Waals surface area contributed by atoms with Crippen LogP contribution in [-0.2, 0) is 14.3 Å². The van der Waals surface area contributed by atoms with Crippen LogP contribution in [0, 0.1) is 0 Å². The number of carbonyl (C=O) groups is 2. The lowest BCUT2D eigenvalue weighted by molar-refractivity contribution is -0.140. The summed E-state index contributed by atoms with van der Waals surface area (Å²) in [5.41, 5.74) is 0.476. The van der Waals surface area contributed by atoms with Crippen LogP contribution < -0.4 is 0 Å². The number of hydrogen-bond acceptors (Lipinski definition) is 5. The van der Waals surface area contributed by atoms with E-state index < -0.39 is 17.7 Å². The summed E-state index contributed by atoms with van der Waals surface area (Å²) < 4.78 is 5.05. The highest BCUT2D eigenvalue weighted by atomic mass is 35.5. The molecule has 0 aliphatic carbocycles. The van der Waals surface area contributed by atoms with Gasteiger partial charge in [-0.2, -0.15) is 0 Å². The van der Waals surface area contributed by atoms with Crippen LogP contribution in [0.5, 0.6) is 0 Å². The maximum atomic E-state index is 12.6. The van der Waals surface area contributed by atoms with Crippen LogP contribution in [0.3, 0.4) is 0 Å². The molecule has 0 spiro atoms. The number of likely N-dealkylation sites (tertiary alicyclic amines) is 1. The Hall–Kier alpha value is -2.15. The standard InChI is InChI=1S/C18H16ClNO4S/c1-24-8-7-20-15(13-6-3-9-25-13)14(17(22)18(20)23)16(21)11-4-2-5-12(19)10-11/h2-6,9-10,15,21H,7-8H2,1H3/b16-14-. The van der Waals surface area contributed by atoms with Crippen molar-refractivity contribution < 1.29 is 19.4 Å². The molecular weight excluding hydrogens is 362 g/mol. The molecule has 1 N–H and O–H groups in total. The average Bonchev–Trinajstić information content (AvgIpc) is 3.21. The van der Waals surface area contributed by atoms with Gasteiger partial charge in [-0.1, -0.05) is 29.8 Å². The molecule has 2 heterocycles. The molecule has 0 radical (unpaired) electrons. The van der Waals surface area contributed by atoms with Gasteiger partial charge in [-0.05, 0) is 23.6 Å². The second-order valence-corrected chi connectivity index (χ2v) is 6.93. The first-order chi connectivity index (χ1) is 12.0. The molecule has 130 valence electrons. The van der Waals surface area contributed by atoms with Gasteiger partial charge in [-0.15, -0.1) is 11.3 Å².